The van der Waals surface area contributed by atoms with Crippen molar-refractivity contribution in [3.8, 4) is 6.07 Å². The van der Waals surface area contributed by atoms with Crippen molar-refractivity contribution < 1.29 is 9.59 Å². The lowest BCUT2D eigenvalue weighted by Gasteiger charge is -2.36. The Morgan fingerprint density at radius 1 is 1.07 bits per heavy atom. The van der Waals surface area contributed by atoms with Crippen LogP contribution in [0.3, 0.4) is 0 Å². The molecule has 2 aromatic carbocycles. The van der Waals surface area contributed by atoms with Gasteiger partial charge in [0.1, 0.15) is 5.41 Å². The first-order valence-electron chi connectivity index (χ1n) is 10.0. The average Bonchev–Trinajstić information content (AvgIpc) is 2.75. The molecule has 0 spiro atoms. The van der Waals surface area contributed by atoms with Crippen LogP contribution in [0.4, 0.5) is 5.69 Å². The van der Waals surface area contributed by atoms with Crippen LogP contribution in [0.25, 0.3) is 0 Å². The van der Waals surface area contributed by atoms with Gasteiger partial charge in [-0.15, -0.1) is 0 Å². The summed E-state index contributed by atoms with van der Waals surface area (Å²) in [6.07, 6.45) is 2.94. The fourth-order valence-corrected chi connectivity index (χ4v) is 3.70. The zero-order valence-electron chi connectivity index (χ0n) is 17.0. The molecule has 1 heterocycles. The number of benzene rings is 2. The molecule has 1 N–H and O–H groups in total. The quantitative estimate of drug-likeness (QED) is 0.786. The second kappa shape index (κ2) is 8.91. The highest BCUT2D eigenvalue weighted by molar-refractivity contribution is 6.09. The highest BCUT2D eigenvalue weighted by atomic mass is 16.2. The summed E-state index contributed by atoms with van der Waals surface area (Å²) in [6.45, 7) is 4.71. The van der Waals surface area contributed by atoms with Gasteiger partial charge >= 0.3 is 0 Å². The fourth-order valence-electron chi connectivity index (χ4n) is 3.70. The number of likely N-dealkylation sites (tertiary alicyclic amines) is 1. The molecule has 29 heavy (non-hydrogen) atoms. The molecule has 1 saturated heterocycles. The lowest BCUT2D eigenvalue weighted by atomic mass is 9.86. The maximum atomic E-state index is 13.0. The Labute approximate surface area is 172 Å². The molecule has 0 atom stereocenters. The van der Waals surface area contributed by atoms with Gasteiger partial charge in [-0.1, -0.05) is 30.3 Å². The number of nitrogens with one attached hydrogen (secondary N) is 1. The molecule has 2 aromatic rings. The maximum Gasteiger partial charge on any atom is 0.239 e. The standard InChI is InChI=1S/C24H27N3O2/c1-24(2,22(28)26-21-10-8-20(17-25)9-11-21)23(29)27-14-12-19(13-15-27)16-18-6-4-3-5-7-18/h3-11,19H,12-16H2,1-2H3,(H,26,28). The first-order valence-corrected chi connectivity index (χ1v) is 10.0. The molecule has 0 bridgehead atoms. The topological polar surface area (TPSA) is 73.2 Å². The highest BCUT2D eigenvalue weighted by Crippen LogP contribution is 2.27. The van der Waals surface area contributed by atoms with E-state index < -0.39 is 5.41 Å². The molecule has 0 aliphatic carbocycles. The van der Waals surface area contributed by atoms with Crippen molar-refractivity contribution in [2.24, 2.45) is 11.3 Å². The van der Waals surface area contributed by atoms with E-state index in [9.17, 15) is 9.59 Å². The van der Waals surface area contributed by atoms with E-state index in [2.05, 4.69) is 29.6 Å². The molecule has 3 rings (SSSR count). The number of amides is 2. The molecular weight excluding hydrogens is 362 g/mol. The van der Waals surface area contributed by atoms with Crippen molar-refractivity contribution in [1.29, 1.82) is 5.26 Å². The SMILES string of the molecule is CC(C)(C(=O)Nc1ccc(C#N)cc1)C(=O)N1CCC(Cc2ccccc2)CC1. The molecule has 1 aliphatic heterocycles. The predicted molar refractivity (Wildman–Crippen MR) is 113 cm³/mol. The van der Waals surface area contributed by atoms with Crippen LogP contribution in [0.15, 0.2) is 54.6 Å². The number of anilines is 1. The Balaban J connectivity index is 1.55. The van der Waals surface area contributed by atoms with Crippen molar-refractivity contribution >= 4 is 17.5 Å². The van der Waals surface area contributed by atoms with Crippen LogP contribution in [-0.2, 0) is 16.0 Å². The molecule has 5 nitrogen and oxygen atoms in total. The molecule has 0 aromatic heterocycles. The zero-order valence-corrected chi connectivity index (χ0v) is 17.0. The van der Waals surface area contributed by atoms with Gasteiger partial charge in [0.25, 0.3) is 0 Å². The van der Waals surface area contributed by atoms with Gasteiger partial charge in [-0.05, 0) is 68.9 Å². The van der Waals surface area contributed by atoms with Gasteiger partial charge in [-0.2, -0.15) is 5.26 Å². The highest BCUT2D eigenvalue weighted by Gasteiger charge is 2.40. The number of carbonyl (C=O) groups excluding carboxylic acids is 2. The lowest BCUT2D eigenvalue weighted by molar-refractivity contribution is -0.147. The summed E-state index contributed by atoms with van der Waals surface area (Å²) >= 11 is 0. The summed E-state index contributed by atoms with van der Waals surface area (Å²) in [5.41, 5.74) is 1.28. The molecular formula is C24H27N3O2. The molecule has 5 heteroatoms. The summed E-state index contributed by atoms with van der Waals surface area (Å²) in [4.78, 5) is 27.6. The minimum atomic E-state index is -1.15. The van der Waals surface area contributed by atoms with Crippen molar-refractivity contribution in [2.75, 3.05) is 18.4 Å². The van der Waals surface area contributed by atoms with Crippen LogP contribution >= 0.6 is 0 Å². The van der Waals surface area contributed by atoms with Crippen molar-refractivity contribution in [3.63, 3.8) is 0 Å². The normalized spacial score (nSPS) is 14.9. The van der Waals surface area contributed by atoms with E-state index in [0.29, 0.717) is 30.3 Å². The Morgan fingerprint density at radius 2 is 1.69 bits per heavy atom. The van der Waals surface area contributed by atoms with E-state index in [1.807, 2.05) is 17.0 Å². The van der Waals surface area contributed by atoms with E-state index >= 15 is 0 Å². The van der Waals surface area contributed by atoms with Crippen LogP contribution in [0.1, 0.15) is 37.8 Å². The van der Waals surface area contributed by atoms with Gasteiger partial charge in [0.2, 0.25) is 11.8 Å². The third-order valence-electron chi connectivity index (χ3n) is 5.64. The second-order valence-electron chi connectivity index (χ2n) is 8.19. The third-order valence-corrected chi connectivity index (χ3v) is 5.64. The number of rotatable bonds is 5. The molecule has 1 aliphatic rings. The van der Waals surface area contributed by atoms with E-state index in [4.69, 9.17) is 5.26 Å². The molecule has 0 saturated carbocycles. The fraction of sp³-hybridized carbons (Fsp3) is 0.375. The summed E-state index contributed by atoms with van der Waals surface area (Å²) in [5.74, 6) is 0.0949. The Bertz CT molecular complexity index is 890. The smallest absolute Gasteiger partial charge is 0.239 e. The molecule has 1 fully saturated rings. The van der Waals surface area contributed by atoms with Gasteiger partial charge < -0.3 is 10.2 Å². The van der Waals surface area contributed by atoms with Crippen molar-refractivity contribution in [1.82, 2.24) is 4.90 Å². The summed E-state index contributed by atoms with van der Waals surface area (Å²) < 4.78 is 0. The number of nitriles is 1. The van der Waals surface area contributed by atoms with Crippen LogP contribution in [0.5, 0.6) is 0 Å². The van der Waals surface area contributed by atoms with E-state index in [1.165, 1.54) is 5.56 Å². The van der Waals surface area contributed by atoms with Crippen molar-refractivity contribution in [3.05, 3.63) is 65.7 Å². The molecule has 0 unspecified atom stereocenters. The number of hydrogen-bond acceptors (Lipinski definition) is 3. The Kier molecular flexibility index (Phi) is 6.33. The summed E-state index contributed by atoms with van der Waals surface area (Å²) in [5, 5.41) is 11.7. The van der Waals surface area contributed by atoms with E-state index in [-0.39, 0.29) is 11.8 Å². The second-order valence-corrected chi connectivity index (χ2v) is 8.19. The zero-order chi connectivity index (χ0) is 20.9. The summed E-state index contributed by atoms with van der Waals surface area (Å²) in [7, 11) is 0. The molecule has 0 radical (unpaired) electrons. The largest absolute Gasteiger partial charge is 0.342 e. The van der Waals surface area contributed by atoms with Crippen LogP contribution in [0, 0.1) is 22.7 Å². The first-order chi connectivity index (χ1) is 13.9. The van der Waals surface area contributed by atoms with E-state index in [0.717, 1.165) is 19.3 Å². The number of hydrogen-bond donors (Lipinski definition) is 1. The van der Waals surface area contributed by atoms with Gasteiger partial charge in [0.15, 0.2) is 0 Å². The monoisotopic (exact) mass is 389 g/mol. The Morgan fingerprint density at radius 3 is 2.28 bits per heavy atom. The Hall–Kier alpha value is -3.13. The van der Waals surface area contributed by atoms with Gasteiger partial charge in [0, 0.05) is 18.8 Å². The van der Waals surface area contributed by atoms with Crippen LogP contribution < -0.4 is 5.32 Å². The number of nitrogens with zero attached hydrogens (tertiary/aromatic N) is 2. The van der Waals surface area contributed by atoms with Gasteiger partial charge in [-0.3, -0.25) is 9.59 Å². The van der Waals surface area contributed by atoms with E-state index in [1.54, 1.807) is 38.1 Å². The molecule has 150 valence electrons. The number of carbonyl (C=O) groups is 2. The summed E-state index contributed by atoms with van der Waals surface area (Å²) in [6, 6.07) is 19.1. The predicted octanol–water partition coefficient (Wildman–Crippen LogP) is 4.00. The number of piperidine rings is 1. The maximum absolute atomic E-state index is 13.0. The lowest BCUT2D eigenvalue weighted by Crippen LogP contribution is -2.50. The van der Waals surface area contributed by atoms with Crippen LogP contribution in [-0.4, -0.2) is 29.8 Å². The van der Waals surface area contributed by atoms with Gasteiger partial charge in [0.05, 0.1) is 11.6 Å². The van der Waals surface area contributed by atoms with Gasteiger partial charge in [-0.25, -0.2) is 0 Å². The third kappa shape index (κ3) is 5.03. The minimum Gasteiger partial charge on any atom is -0.342 e. The first kappa shape index (κ1) is 20.6. The van der Waals surface area contributed by atoms with Crippen molar-refractivity contribution in [2.45, 2.75) is 33.1 Å². The minimum absolute atomic E-state index is 0.137. The van der Waals surface area contributed by atoms with Crippen LogP contribution in [0.2, 0.25) is 0 Å². The molecule has 2 amide bonds. The average molecular weight is 389 g/mol.